The zero-order valence-electron chi connectivity index (χ0n) is 14.2. The minimum Gasteiger partial charge on any atom is -0.369 e. The van der Waals surface area contributed by atoms with Gasteiger partial charge in [-0.25, -0.2) is 4.98 Å². The topological polar surface area (TPSA) is 64.5 Å². The number of pyridine rings is 1. The molecule has 1 unspecified atom stereocenters. The van der Waals surface area contributed by atoms with Crippen LogP contribution in [0.25, 0.3) is 10.9 Å². The van der Waals surface area contributed by atoms with E-state index in [0.717, 1.165) is 11.3 Å². The Labute approximate surface area is 152 Å². The molecule has 0 saturated heterocycles. The summed E-state index contributed by atoms with van der Waals surface area (Å²) in [6.45, 7) is 0.713. The van der Waals surface area contributed by atoms with Crippen LogP contribution in [0.5, 0.6) is 0 Å². The highest BCUT2D eigenvalue weighted by Crippen LogP contribution is 2.31. The van der Waals surface area contributed by atoms with Crippen molar-refractivity contribution in [3.63, 3.8) is 0 Å². The van der Waals surface area contributed by atoms with Gasteiger partial charge in [-0.3, -0.25) is 0 Å². The zero-order valence-corrected chi connectivity index (χ0v) is 14.2. The molecule has 4 aromatic rings. The molecule has 2 N–H and O–H groups in total. The van der Waals surface area contributed by atoms with Crippen LogP contribution in [-0.2, 0) is 0 Å². The summed E-state index contributed by atoms with van der Waals surface area (Å²) >= 11 is 0. The van der Waals surface area contributed by atoms with Crippen molar-refractivity contribution in [2.24, 2.45) is 0 Å². The van der Waals surface area contributed by atoms with Gasteiger partial charge in [0.05, 0.1) is 5.56 Å². The van der Waals surface area contributed by atoms with Gasteiger partial charge < -0.3 is 10.3 Å². The van der Waals surface area contributed by atoms with Gasteiger partial charge in [-0.2, -0.15) is 5.26 Å². The number of anilines is 1. The molecule has 126 valence electrons. The standard InChI is InChI=1S/C22H18N4/c23-12-16-10-11-22(25-13-16)26-14-19(17-6-2-1-3-7-17)20-15-24-21-9-5-4-8-18(20)21/h1-11,13,15,19,24H,14H2,(H,25,26). The van der Waals surface area contributed by atoms with Crippen molar-refractivity contribution < 1.29 is 0 Å². The highest BCUT2D eigenvalue weighted by molar-refractivity contribution is 5.84. The molecule has 4 heteroatoms. The molecule has 1 atom stereocenters. The molecule has 4 rings (SSSR count). The molecule has 2 aromatic heterocycles. The number of hydrogen-bond acceptors (Lipinski definition) is 3. The van der Waals surface area contributed by atoms with E-state index < -0.39 is 0 Å². The van der Waals surface area contributed by atoms with Crippen LogP contribution in [0.1, 0.15) is 22.6 Å². The van der Waals surface area contributed by atoms with Crippen LogP contribution in [0.15, 0.2) is 79.1 Å². The first-order chi connectivity index (χ1) is 12.8. The van der Waals surface area contributed by atoms with Crippen molar-refractivity contribution >= 4 is 16.7 Å². The summed E-state index contributed by atoms with van der Waals surface area (Å²) in [5.41, 5.74) is 4.21. The number of H-pyrrole nitrogens is 1. The second-order valence-electron chi connectivity index (χ2n) is 6.18. The fourth-order valence-corrected chi connectivity index (χ4v) is 3.25. The summed E-state index contributed by atoms with van der Waals surface area (Å²) < 4.78 is 0. The summed E-state index contributed by atoms with van der Waals surface area (Å²) in [7, 11) is 0. The third-order valence-corrected chi connectivity index (χ3v) is 4.58. The molecule has 0 aliphatic carbocycles. The Hall–Kier alpha value is -3.58. The molecular weight excluding hydrogens is 320 g/mol. The molecule has 0 fully saturated rings. The maximum atomic E-state index is 8.91. The number of benzene rings is 2. The van der Waals surface area contributed by atoms with E-state index in [1.54, 1.807) is 12.3 Å². The van der Waals surface area contributed by atoms with Gasteiger partial charge in [0.15, 0.2) is 0 Å². The monoisotopic (exact) mass is 338 g/mol. The summed E-state index contributed by atoms with van der Waals surface area (Å²) in [5.74, 6) is 0.953. The molecular formula is C22H18N4. The van der Waals surface area contributed by atoms with E-state index in [9.17, 15) is 0 Å². The number of aromatic amines is 1. The van der Waals surface area contributed by atoms with Crippen molar-refractivity contribution in [1.82, 2.24) is 9.97 Å². The fraction of sp³-hybridized carbons (Fsp3) is 0.0909. The Bertz CT molecular complexity index is 1040. The number of fused-ring (bicyclic) bond motifs is 1. The maximum absolute atomic E-state index is 8.91. The van der Waals surface area contributed by atoms with Crippen LogP contribution in [0.4, 0.5) is 5.82 Å². The number of para-hydroxylation sites is 1. The Morgan fingerprint density at radius 2 is 1.81 bits per heavy atom. The average molecular weight is 338 g/mol. The predicted molar refractivity (Wildman–Crippen MR) is 104 cm³/mol. The normalized spacial score (nSPS) is 11.8. The molecule has 0 spiro atoms. The minimum atomic E-state index is 0.185. The number of nitriles is 1. The van der Waals surface area contributed by atoms with Gasteiger partial charge in [0.2, 0.25) is 0 Å². The first-order valence-corrected chi connectivity index (χ1v) is 8.56. The van der Waals surface area contributed by atoms with Crippen molar-refractivity contribution in [3.8, 4) is 6.07 Å². The zero-order chi connectivity index (χ0) is 17.8. The number of aromatic nitrogens is 2. The number of nitrogens with zero attached hydrogens (tertiary/aromatic N) is 2. The third-order valence-electron chi connectivity index (χ3n) is 4.58. The van der Waals surface area contributed by atoms with Gasteiger partial charge in [-0.05, 0) is 29.3 Å². The van der Waals surface area contributed by atoms with Crippen LogP contribution >= 0.6 is 0 Å². The molecule has 0 saturated carbocycles. The molecule has 26 heavy (non-hydrogen) atoms. The van der Waals surface area contributed by atoms with Gasteiger partial charge in [0.1, 0.15) is 11.9 Å². The summed E-state index contributed by atoms with van der Waals surface area (Å²) in [6, 6.07) is 24.5. The second kappa shape index (κ2) is 7.12. The molecule has 2 aromatic carbocycles. The number of nitrogens with one attached hydrogen (secondary N) is 2. The minimum absolute atomic E-state index is 0.185. The fourth-order valence-electron chi connectivity index (χ4n) is 3.25. The molecule has 0 radical (unpaired) electrons. The first kappa shape index (κ1) is 15.9. The second-order valence-corrected chi connectivity index (χ2v) is 6.18. The van der Waals surface area contributed by atoms with Crippen LogP contribution in [0, 0.1) is 11.3 Å². The Balaban J connectivity index is 1.66. The lowest BCUT2D eigenvalue weighted by molar-refractivity contribution is 0.855. The lowest BCUT2D eigenvalue weighted by atomic mass is 9.91. The van der Waals surface area contributed by atoms with Gasteiger partial charge in [-0.15, -0.1) is 0 Å². The van der Waals surface area contributed by atoms with Gasteiger partial charge in [-0.1, -0.05) is 48.5 Å². The van der Waals surface area contributed by atoms with Crippen LogP contribution in [0.3, 0.4) is 0 Å². The number of hydrogen-bond donors (Lipinski definition) is 2. The summed E-state index contributed by atoms with van der Waals surface area (Å²) in [6.07, 6.45) is 3.68. The van der Waals surface area contributed by atoms with E-state index in [1.165, 1.54) is 16.5 Å². The van der Waals surface area contributed by atoms with Crippen molar-refractivity contribution in [1.29, 1.82) is 5.26 Å². The molecule has 2 heterocycles. The average Bonchev–Trinajstić information content (AvgIpc) is 3.14. The Kier molecular flexibility index (Phi) is 4.36. The maximum Gasteiger partial charge on any atom is 0.125 e. The molecule has 0 amide bonds. The SMILES string of the molecule is N#Cc1ccc(NCC(c2ccccc2)c2c[nH]c3ccccc23)nc1. The van der Waals surface area contributed by atoms with Gasteiger partial charge in [0.25, 0.3) is 0 Å². The predicted octanol–water partition coefficient (Wildman–Crippen LogP) is 4.68. The number of rotatable bonds is 5. The Morgan fingerprint density at radius 3 is 2.58 bits per heavy atom. The third kappa shape index (κ3) is 3.15. The lowest BCUT2D eigenvalue weighted by Gasteiger charge is -2.18. The van der Waals surface area contributed by atoms with E-state index in [1.807, 2.05) is 18.2 Å². The molecule has 0 aliphatic heterocycles. The van der Waals surface area contributed by atoms with Crippen molar-refractivity contribution in [2.75, 3.05) is 11.9 Å². The van der Waals surface area contributed by atoms with Crippen molar-refractivity contribution in [3.05, 3.63) is 95.8 Å². The van der Waals surface area contributed by atoms with E-state index in [0.29, 0.717) is 12.1 Å². The Morgan fingerprint density at radius 1 is 1.00 bits per heavy atom. The summed E-state index contributed by atoms with van der Waals surface area (Å²) in [5, 5.41) is 13.6. The molecule has 0 aliphatic rings. The quantitative estimate of drug-likeness (QED) is 0.555. The highest BCUT2D eigenvalue weighted by atomic mass is 15.0. The molecule has 0 bridgehead atoms. The van der Waals surface area contributed by atoms with E-state index in [4.69, 9.17) is 5.26 Å². The van der Waals surface area contributed by atoms with Crippen molar-refractivity contribution in [2.45, 2.75) is 5.92 Å². The van der Waals surface area contributed by atoms with Crippen LogP contribution in [0.2, 0.25) is 0 Å². The van der Waals surface area contributed by atoms with Gasteiger partial charge in [0, 0.05) is 35.8 Å². The largest absolute Gasteiger partial charge is 0.369 e. The highest BCUT2D eigenvalue weighted by Gasteiger charge is 2.18. The first-order valence-electron chi connectivity index (χ1n) is 8.56. The van der Waals surface area contributed by atoms with Crippen LogP contribution in [-0.4, -0.2) is 16.5 Å². The lowest BCUT2D eigenvalue weighted by Crippen LogP contribution is -2.14. The van der Waals surface area contributed by atoms with E-state index in [2.05, 4.69) is 70.0 Å². The molecule has 4 nitrogen and oxygen atoms in total. The van der Waals surface area contributed by atoms with E-state index in [-0.39, 0.29) is 5.92 Å². The smallest absolute Gasteiger partial charge is 0.125 e. The summed E-state index contributed by atoms with van der Waals surface area (Å²) in [4.78, 5) is 7.69. The van der Waals surface area contributed by atoms with Crippen LogP contribution < -0.4 is 5.32 Å². The van der Waals surface area contributed by atoms with Gasteiger partial charge >= 0.3 is 0 Å². The van der Waals surface area contributed by atoms with E-state index >= 15 is 0 Å².